The predicted octanol–water partition coefficient (Wildman–Crippen LogP) is 3.65. The van der Waals surface area contributed by atoms with Crippen LogP contribution in [0.5, 0.6) is 5.88 Å². The van der Waals surface area contributed by atoms with Crippen LogP contribution in [0.15, 0.2) is 30.9 Å². The molecule has 0 spiro atoms. The first-order valence-electron chi connectivity index (χ1n) is 13.9. The lowest BCUT2D eigenvalue weighted by Crippen LogP contribution is -2.52. The van der Waals surface area contributed by atoms with Crippen molar-refractivity contribution in [3.63, 3.8) is 0 Å². The number of aryl methyl sites for hydroxylation is 2. The summed E-state index contributed by atoms with van der Waals surface area (Å²) < 4.78 is 7.49. The van der Waals surface area contributed by atoms with Gasteiger partial charge in [0.15, 0.2) is 5.82 Å². The van der Waals surface area contributed by atoms with E-state index < -0.39 is 0 Å². The molecule has 1 aliphatic rings. The van der Waals surface area contributed by atoms with Gasteiger partial charge in [-0.2, -0.15) is 0 Å². The van der Waals surface area contributed by atoms with Crippen LogP contribution >= 0.6 is 0 Å². The zero-order valence-electron chi connectivity index (χ0n) is 23.9. The highest BCUT2D eigenvalue weighted by Crippen LogP contribution is 2.33. The van der Waals surface area contributed by atoms with Gasteiger partial charge in [0.25, 0.3) is 5.88 Å². The second-order valence-corrected chi connectivity index (χ2v) is 10.0. The molecule has 212 valence electrons. The van der Waals surface area contributed by atoms with Crippen LogP contribution in [0, 0.1) is 6.92 Å². The number of piperazine rings is 1. The molecule has 0 radical (unpaired) electrons. The van der Waals surface area contributed by atoms with Crippen molar-refractivity contribution in [3.05, 3.63) is 36.4 Å². The van der Waals surface area contributed by atoms with Gasteiger partial charge in [-0.1, -0.05) is 6.92 Å². The van der Waals surface area contributed by atoms with Crippen molar-refractivity contribution in [1.29, 1.82) is 0 Å². The first-order valence-corrected chi connectivity index (χ1v) is 13.9. The van der Waals surface area contributed by atoms with Crippen LogP contribution in [0.1, 0.15) is 32.8 Å². The Balaban J connectivity index is 1.41. The van der Waals surface area contributed by atoms with E-state index in [9.17, 15) is 4.79 Å². The van der Waals surface area contributed by atoms with Gasteiger partial charge in [0, 0.05) is 62.3 Å². The summed E-state index contributed by atoms with van der Waals surface area (Å²) in [6.07, 6.45) is 8.03. The number of nitrogens with zero attached hydrogens (tertiary/aromatic N) is 7. The molecule has 5 rings (SSSR count). The zero-order chi connectivity index (χ0) is 28.2. The molecule has 1 atom stereocenters. The maximum absolute atomic E-state index is 13.3. The monoisotopic (exact) mass is 546 g/mol. The zero-order valence-corrected chi connectivity index (χ0v) is 23.9. The van der Waals surface area contributed by atoms with Crippen LogP contribution in [-0.2, 0) is 11.3 Å². The van der Waals surface area contributed by atoms with Gasteiger partial charge < -0.3 is 25.3 Å². The second-order valence-electron chi connectivity index (χ2n) is 10.0. The van der Waals surface area contributed by atoms with E-state index in [1.807, 2.05) is 39.2 Å². The molecule has 1 saturated heterocycles. The van der Waals surface area contributed by atoms with Crippen LogP contribution in [0.4, 0.5) is 17.5 Å². The number of aromatic nitrogens is 6. The Hall–Kier alpha value is -4.03. The molecular weight excluding hydrogens is 508 g/mol. The molecule has 12 heteroatoms. The number of nitrogens with one attached hydrogen (secondary N) is 3. The largest absolute Gasteiger partial charge is 0.475 e. The number of anilines is 3. The molecular formula is C28H38N10O2. The third-order valence-corrected chi connectivity index (χ3v) is 7.32. The van der Waals surface area contributed by atoms with Crippen molar-refractivity contribution in [3.8, 4) is 17.1 Å². The fourth-order valence-corrected chi connectivity index (χ4v) is 5.08. The Morgan fingerprint density at radius 3 is 2.70 bits per heavy atom. The number of pyridine rings is 1. The van der Waals surface area contributed by atoms with Crippen molar-refractivity contribution < 1.29 is 9.53 Å². The fourth-order valence-electron chi connectivity index (χ4n) is 5.08. The van der Waals surface area contributed by atoms with Crippen molar-refractivity contribution in [2.75, 3.05) is 50.5 Å². The molecule has 1 fully saturated rings. The first kappa shape index (κ1) is 27.5. The van der Waals surface area contributed by atoms with Crippen LogP contribution in [0.25, 0.3) is 22.2 Å². The Labute approximate surface area is 234 Å². The van der Waals surface area contributed by atoms with E-state index in [-0.39, 0.29) is 11.9 Å². The SMILES string of the molecule is CCOc1nn(CC)cc1Nc1ncc(C)c(-c2c[nH]c3c(NC(=O)C(CC)N4CCN(C)CC4)nccc23)n1. The van der Waals surface area contributed by atoms with Crippen molar-refractivity contribution in [2.45, 2.75) is 46.7 Å². The minimum Gasteiger partial charge on any atom is -0.475 e. The molecule has 0 aromatic carbocycles. The third kappa shape index (κ3) is 5.63. The van der Waals surface area contributed by atoms with E-state index in [1.165, 1.54) is 0 Å². The smallest absolute Gasteiger partial charge is 0.256 e. The van der Waals surface area contributed by atoms with Gasteiger partial charge in [-0.3, -0.25) is 14.4 Å². The maximum atomic E-state index is 13.3. The lowest BCUT2D eigenvalue weighted by molar-refractivity contribution is -0.122. The maximum Gasteiger partial charge on any atom is 0.256 e. The summed E-state index contributed by atoms with van der Waals surface area (Å²) >= 11 is 0. The first-order chi connectivity index (χ1) is 19.4. The molecule has 0 bridgehead atoms. The van der Waals surface area contributed by atoms with Crippen molar-refractivity contribution in [2.24, 2.45) is 0 Å². The Morgan fingerprint density at radius 1 is 1.18 bits per heavy atom. The summed E-state index contributed by atoms with van der Waals surface area (Å²) in [4.78, 5) is 35.1. The number of fused-ring (bicyclic) bond motifs is 1. The quantitative estimate of drug-likeness (QED) is 0.273. The highest BCUT2D eigenvalue weighted by atomic mass is 16.5. The number of rotatable bonds is 10. The van der Waals surface area contributed by atoms with Crippen molar-refractivity contribution >= 4 is 34.3 Å². The average Bonchev–Trinajstić information content (AvgIpc) is 3.56. The molecule has 1 aliphatic heterocycles. The predicted molar refractivity (Wildman–Crippen MR) is 156 cm³/mol. The molecule has 1 unspecified atom stereocenters. The molecule has 3 N–H and O–H groups in total. The summed E-state index contributed by atoms with van der Waals surface area (Å²) in [5.74, 6) is 1.42. The minimum atomic E-state index is -0.198. The molecule has 40 heavy (non-hydrogen) atoms. The van der Waals surface area contributed by atoms with Crippen molar-refractivity contribution in [1.82, 2.24) is 39.5 Å². The highest BCUT2D eigenvalue weighted by molar-refractivity contribution is 6.05. The Kier molecular flexibility index (Phi) is 8.27. The molecule has 0 saturated carbocycles. The normalized spacial score (nSPS) is 15.3. The Morgan fingerprint density at radius 2 is 1.98 bits per heavy atom. The molecule has 12 nitrogen and oxygen atoms in total. The standard InChI is InChI=1S/C28H38N10O2/c1-6-22(37-13-11-36(5)12-14-37)26(39)34-25-24-19(9-10-29-25)20(16-30-24)23-18(4)15-31-28(33-23)32-21-17-38(7-2)35-27(21)40-8-3/h9-10,15-17,22,30H,6-8,11-14H2,1-5H3,(H,29,34,39)(H,31,32,33). The van der Waals surface area contributed by atoms with E-state index >= 15 is 0 Å². The topological polar surface area (TPSA) is 129 Å². The third-order valence-electron chi connectivity index (χ3n) is 7.32. The summed E-state index contributed by atoms with van der Waals surface area (Å²) in [7, 11) is 2.11. The van der Waals surface area contributed by atoms with E-state index in [2.05, 4.69) is 54.5 Å². The lowest BCUT2D eigenvalue weighted by Gasteiger charge is -2.36. The van der Waals surface area contributed by atoms with Crippen LogP contribution < -0.4 is 15.4 Å². The number of hydrogen-bond acceptors (Lipinski definition) is 9. The lowest BCUT2D eigenvalue weighted by atomic mass is 10.1. The molecule has 1 amide bonds. The number of ether oxygens (including phenoxy) is 1. The minimum absolute atomic E-state index is 0.0364. The van der Waals surface area contributed by atoms with Gasteiger partial charge in [0.05, 0.1) is 30.1 Å². The van der Waals surface area contributed by atoms with Crippen LogP contribution in [0.2, 0.25) is 0 Å². The van der Waals surface area contributed by atoms with Gasteiger partial charge in [-0.25, -0.2) is 15.0 Å². The van der Waals surface area contributed by atoms with E-state index in [0.717, 1.165) is 66.9 Å². The fraction of sp³-hybridized carbons (Fsp3) is 0.464. The summed E-state index contributed by atoms with van der Waals surface area (Å²) in [6.45, 7) is 12.9. The van der Waals surface area contributed by atoms with E-state index in [4.69, 9.17) is 9.72 Å². The molecule has 5 heterocycles. The number of aromatic amines is 1. The number of carbonyl (C=O) groups excluding carboxylic acids is 1. The van der Waals surface area contributed by atoms with Gasteiger partial charge in [0.1, 0.15) is 5.69 Å². The summed E-state index contributed by atoms with van der Waals surface area (Å²) in [5.41, 5.74) is 4.06. The van der Waals surface area contributed by atoms with Gasteiger partial charge in [-0.05, 0) is 45.9 Å². The number of carbonyl (C=O) groups is 1. The van der Waals surface area contributed by atoms with Crippen LogP contribution in [-0.4, -0.2) is 91.3 Å². The van der Waals surface area contributed by atoms with Gasteiger partial charge in [0.2, 0.25) is 11.9 Å². The number of likely N-dealkylation sites (N-methyl/N-ethyl adjacent to an activating group) is 1. The highest BCUT2D eigenvalue weighted by Gasteiger charge is 2.28. The number of hydrogen-bond donors (Lipinski definition) is 3. The van der Waals surface area contributed by atoms with Gasteiger partial charge >= 0.3 is 0 Å². The molecule has 0 aliphatic carbocycles. The average molecular weight is 547 g/mol. The molecule has 4 aromatic rings. The number of amides is 1. The van der Waals surface area contributed by atoms with Gasteiger partial charge in [-0.15, -0.1) is 5.10 Å². The second kappa shape index (κ2) is 12.0. The summed E-state index contributed by atoms with van der Waals surface area (Å²) in [6, 6.07) is 1.73. The van der Waals surface area contributed by atoms with Crippen LogP contribution in [0.3, 0.4) is 0 Å². The molecule has 4 aromatic heterocycles. The Bertz CT molecular complexity index is 1470. The van der Waals surface area contributed by atoms with E-state index in [0.29, 0.717) is 29.9 Å². The van der Waals surface area contributed by atoms with E-state index in [1.54, 1.807) is 17.1 Å². The number of H-pyrrole nitrogens is 1. The summed E-state index contributed by atoms with van der Waals surface area (Å²) in [5, 5.41) is 11.7.